The summed E-state index contributed by atoms with van der Waals surface area (Å²) in [5.74, 6) is 1.61. The van der Waals surface area contributed by atoms with Crippen molar-refractivity contribution in [2.24, 2.45) is 0 Å². The Morgan fingerprint density at radius 2 is 2.22 bits per heavy atom. The van der Waals surface area contributed by atoms with Crippen molar-refractivity contribution in [2.75, 3.05) is 20.1 Å². The largest absolute Gasteiger partial charge is 0.459 e. The third-order valence-electron chi connectivity index (χ3n) is 4.19. The third kappa shape index (κ3) is 3.44. The van der Waals surface area contributed by atoms with Crippen molar-refractivity contribution in [1.29, 1.82) is 0 Å². The van der Waals surface area contributed by atoms with E-state index in [1.807, 2.05) is 7.05 Å². The van der Waals surface area contributed by atoms with Gasteiger partial charge in [0.1, 0.15) is 0 Å². The minimum absolute atomic E-state index is 0.104. The fraction of sp³-hybridized carbons (Fsp3) is 0.562. The number of amides is 1. The first-order chi connectivity index (χ1) is 11.2. The molecule has 3 heterocycles. The van der Waals surface area contributed by atoms with Crippen molar-refractivity contribution in [3.8, 4) is 11.7 Å². The molecule has 2 aromatic heterocycles. The molecule has 0 unspecified atom stereocenters. The zero-order valence-electron chi connectivity index (χ0n) is 13.6. The predicted molar refractivity (Wildman–Crippen MR) is 83.4 cm³/mol. The van der Waals surface area contributed by atoms with E-state index < -0.39 is 0 Å². The van der Waals surface area contributed by atoms with Crippen LogP contribution in [0.2, 0.25) is 0 Å². The van der Waals surface area contributed by atoms with Crippen molar-refractivity contribution in [3.63, 3.8) is 0 Å². The summed E-state index contributed by atoms with van der Waals surface area (Å²) < 4.78 is 10.9. The van der Waals surface area contributed by atoms with Gasteiger partial charge in [-0.1, -0.05) is 19.8 Å². The lowest BCUT2D eigenvalue weighted by Crippen LogP contribution is -2.55. The predicted octanol–water partition coefficient (Wildman–Crippen LogP) is 2.16. The van der Waals surface area contributed by atoms with Crippen LogP contribution in [0, 0.1) is 0 Å². The monoisotopic (exact) mass is 318 g/mol. The number of carbonyl (C=O) groups excluding carboxylic acids is 1. The molecule has 0 saturated carbocycles. The van der Waals surface area contributed by atoms with E-state index in [0.717, 1.165) is 32.4 Å². The molecule has 0 radical (unpaired) electrons. The lowest BCUT2D eigenvalue weighted by atomic mass is 10.0. The van der Waals surface area contributed by atoms with Gasteiger partial charge in [-0.25, -0.2) is 0 Å². The quantitative estimate of drug-likeness (QED) is 0.812. The van der Waals surface area contributed by atoms with Crippen molar-refractivity contribution in [3.05, 3.63) is 24.3 Å². The highest BCUT2D eigenvalue weighted by atomic mass is 16.4. The molecular weight excluding hydrogens is 296 g/mol. The van der Waals surface area contributed by atoms with Gasteiger partial charge in [-0.05, 0) is 18.6 Å². The molecule has 3 rings (SSSR count). The molecule has 1 saturated heterocycles. The van der Waals surface area contributed by atoms with Crippen molar-refractivity contribution >= 4 is 5.91 Å². The highest BCUT2D eigenvalue weighted by Crippen LogP contribution is 2.21. The van der Waals surface area contributed by atoms with E-state index in [1.54, 1.807) is 23.3 Å². The molecule has 0 aliphatic carbocycles. The van der Waals surface area contributed by atoms with Gasteiger partial charge in [-0.3, -0.25) is 9.69 Å². The summed E-state index contributed by atoms with van der Waals surface area (Å²) in [5.41, 5.74) is 0. The first-order valence-electron chi connectivity index (χ1n) is 8.04. The van der Waals surface area contributed by atoms with Crippen LogP contribution in [0.5, 0.6) is 0 Å². The van der Waals surface area contributed by atoms with Gasteiger partial charge in [0.05, 0.1) is 18.8 Å². The SMILES string of the molecule is CCCC[C@@H]1C(=O)N(C)CCN1Cc1nnc(-c2ccco2)o1. The molecule has 2 aromatic rings. The molecule has 23 heavy (non-hydrogen) atoms. The van der Waals surface area contributed by atoms with Gasteiger partial charge in [0, 0.05) is 20.1 Å². The van der Waals surface area contributed by atoms with E-state index in [2.05, 4.69) is 22.0 Å². The first-order valence-corrected chi connectivity index (χ1v) is 8.04. The highest BCUT2D eigenvalue weighted by Gasteiger charge is 2.33. The average Bonchev–Trinajstić information content (AvgIpc) is 3.21. The number of unbranched alkanes of at least 4 members (excludes halogenated alkanes) is 1. The molecule has 1 aliphatic rings. The summed E-state index contributed by atoms with van der Waals surface area (Å²) in [4.78, 5) is 16.4. The van der Waals surface area contributed by atoms with Crippen molar-refractivity contribution < 1.29 is 13.6 Å². The Morgan fingerprint density at radius 3 is 2.96 bits per heavy atom. The second-order valence-electron chi connectivity index (χ2n) is 5.87. The number of furan rings is 1. The van der Waals surface area contributed by atoms with Gasteiger partial charge in [0.2, 0.25) is 11.8 Å². The minimum atomic E-state index is -0.104. The van der Waals surface area contributed by atoms with Gasteiger partial charge in [0.25, 0.3) is 5.89 Å². The van der Waals surface area contributed by atoms with E-state index in [-0.39, 0.29) is 11.9 Å². The molecule has 0 spiro atoms. The van der Waals surface area contributed by atoms with E-state index in [1.165, 1.54) is 0 Å². The molecule has 1 amide bonds. The van der Waals surface area contributed by atoms with Gasteiger partial charge in [0.15, 0.2) is 5.76 Å². The Bertz CT molecular complexity index is 638. The Balaban J connectivity index is 1.71. The summed E-state index contributed by atoms with van der Waals surface area (Å²) in [7, 11) is 1.86. The fourth-order valence-corrected chi connectivity index (χ4v) is 2.84. The lowest BCUT2D eigenvalue weighted by molar-refractivity contribution is -0.141. The maximum Gasteiger partial charge on any atom is 0.283 e. The van der Waals surface area contributed by atoms with Crippen molar-refractivity contribution in [2.45, 2.75) is 38.8 Å². The van der Waals surface area contributed by atoms with Gasteiger partial charge in [-0.2, -0.15) is 0 Å². The number of aromatic nitrogens is 2. The normalized spacial score (nSPS) is 19.5. The molecule has 7 heteroatoms. The summed E-state index contributed by atoms with van der Waals surface area (Å²) in [6.45, 7) is 4.16. The maximum atomic E-state index is 12.4. The van der Waals surface area contributed by atoms with Crippen LogP contribution >= 0.6 is 0 Å². The van der Waals surface area contributed by atoms with E-state index in [4.69, 9.17) is 8.83 Å². The number of nitrogens with zero attached hydrogens (tertiary/aromatic N) is 4. The van der Waals surface area contributed by atoms with Crippen LogP contribution in [0.1, 0.15) is 32.1 Å². The highest BCUT2D eigenvalue weighted by molar-refractivity contribution is 5.82. The third-order valence-corrected chi connectivity index (χ3v) is 4.19. The average molecular weight is 318 g/mol. The molecule has 0 bridgehead atoms. The lowest BCUT2D eigenvalue weighted by Gasteiger charge is -2.38. The summed E-state index contributed by atoms with van der Waals surface area (Å²) in [6, 6.07) is 3.45. The topological polar surface area (TPSA) is 75.6 Å². The zero-order valence-corrected chi connectivity index (χ0v) is 13.6. The number of likely N-dealkylation sites (N-methyl/N-ethyl adjacent to an activating group) is 1. The molecule has 1 aliphatic heterocycles. The van der Waals surface area contributed by atoms with Crippen LogP contribution in [0.15, 0.2) is 27.2 Å². The zero-order chi connectivity index (χ0) is 16.2. The molecule has 7 nitrogen and oxygen atoms in total. The number of rotatable bonds is 6. The van der Waals surface area contributed by atoms with Crippen LogP contribution in [-0.2, 0) is 11.3 Å². The van der Waals surface area contributed by atoms with Gasteiger partial charge >= 0.3 is 0 Å². The second kappa shape index (κ2) is 6.95. The first kappa shape index (κ1) is 15.7. The summed E-state index contributed by atoms with van der Waals surface area (Å²) in [5, 5.41) is 8.09. The Morgan fingerprint density at radius 1 is 1.35 bits per heavy atom. The van der Waals surface area contributed by atoms with E-state index in [0.29, 0.717) is 24.1 Å². The molecule has 124 valence electrons. The smallest absolute Gasteiger partial charge is 0.283 e. The molecule has 1 fully saturated rings. The number of carbonyl (C=O) groups is 1. The van der Waals surface area contributed by atoms with Crippen molar-refractivity contribution in [1.82, 2.24) is 20.0 Å². The Labute approximate surface area is 135 Å². The fourth-order valence-electron chi connectivity index (χ4n) is 2.84. The number of hydrogen-bond acceptors (Lipinski definition) is 6. The van der Waals surface area contributed by atoms with Crippen LogP contribution in [0.25, 0.3) is 11.7 Å². The maximum absolute atomic E-state index is 12.4. The van der Waals surface area contributed by atoms with Crippen LogP contribution < -0.4 is 0 Å². The Hall–Kier alpha value is -2.15. The van der Waals surface area contributed by atoms with Crippen LogP contribution in [0.4, 0.5) is 0 Å². The van der Waals surface area contributed by atoms with E-state index in [9.17, 15) is 4.79 Å². The Kier molecular flexibility index (Phi) is 4.76. The number of piperazine rings is 1. The van der Waals surface area contributed by atoms with Gasteiger partial charge < -0.3 is 13.7 Å². The molecule has 1 atom stereocenters. The van der Waals surface area contributed by atoms with Crippen LogP contribution in [-0.4, -0.2) is 52.1 Å². The molecular formula is C16H22N4O3. The number of hydrogen-bond donors (Lipinski definition) is 0. The van der Waals surface area contributed by atoms with Crippen LogP contribution in [0.3, 0.4) is 0 Å². The molecule has 0 N–H and O–H groups in total. The second-order valence-corrected chi connectivity index (χ2v) is 5.87. The standard InChI is InChI=1S/C16H22N4O3/c1-3-4-6-12-16(21)19(2)8-9-20(12)11-14-17-18-15(23-14)13-7-5-10-22-13/h5,7,10,12H,3-4,6,8-9,11H2,1-2H3/t12-/m1/s1. The van der Waals surface area contributed by atoms with E-state index >= 15 is 0 Å². The van der Waals surface area contributed by atoms with Gasteiger partial charge in [-0.15, -0.1) is 10.2 Å². The minimum Gasteiger partial charge on any atom is -0.459 e. The summed E-state index contributed by atoms with van der Waals surface area (Å²) in [6.07, 6.45) is 4.53. The summed E-state index contributed by atoms with van der Waals surface area (Å²) >= 11 is 0. The molecule has 0 aromatic carbocycles.